The van der Waals surface area contributed by atoms with Gasteiger partial charge in [0.05, 0.1) is 6.61 Å². The number of methoxy groups -OCH3 is 1. The van der Waals surface area contributed by atoms with E-state index in [1.807, 2.05) is 23.1 Å². The summed E-state index contributed by atoms with van der Waals surface area (Å²) in [5, 5.41) is 9.35. The van der Waals surface area contributed by atoms with Crippen LogP contribution in [0.2, 0.25) is 0 Å². The molecule has 1 aliphatic rings. The number of ether oxygens (including phenoxy) is 1. The average Bonchev–Trinajstić information content (AvgIpc) is 2.58. The summed E-state index contributed by atoms with van der Waals surface area (Å²) in [5.74, 6) is -0.825. The fraction of sp³-hybridized carbons (Fsp3) is 0.500. The number of carbonyl (C=O) groups is 1. The fourth-order valence-corrected chi connectivity index (χ4v) is 2.50. The highest BCUT2D eigenvalue weighted by Crippen LogP contribution is 2.27. The molecule has 1 N–H and O–H groups in total. The summed E-state index contributed by atoms with van der Waals surface area (Å²) >= 11 is 0. The molecular weight excluding hydrogens is 230 g/mol. The topological polar surface area (TPSA) is 49.8 Å². The Kier molecular flexibility index (Phi) is 4.20. The Bertz CT molecular complexity index is 419. The zero-order valence-electron chi connectivity index (χ0n) is 10.6. The highest BCUT2D eigenvalue weighted by atomic mass is 16.5. The minimum absolute atomic E-state index is 0.212. The molecule has 18 heavy (non-hydrogen) atoms. The number of aliphatic carboxylic acids is 1. The van der Waals surface area contributed by atoms with Crippen molar-refractivity contribution in [3.05, 3.63) is 29.8 Å². The number of hydrogen-bond acceptors (Lipinski definition) is 3. The van der Waals surface area contributed by atoms with Crippen molar-refractivity contribution in [1.29, 1.82) is 0 Å². The summed E-state index contributed by atoms with van der Waals surface area (Å²) in [4.78, 5) is 13.4. The molecule has 0 fully saturated rings. The van der Waals surface area contributed by atoms with Crippen LogP contribution in [-0.2, 0) is 16.0 Å². The van der Waals surface area contributed by atoms with Crippen molar-refractivity contribution in [1.82, 2.24) is 0 Å². The summed E-state index contributed by atoms with van der Waals surface area (Å²) in [6.07, 6.45) is 3.14. The maximum absolute atomic E-state index is 11.4. The van der Waals surface area contributed by atoms with Gasteiger partial charge in [0.1, 0.15) is 0 Å². The van der Waals surface area contributed by atoms with E-state index in [4.69, 9.17) is 4.74 Å². The van der Waals surface area contributed by atoms with Crippen LogP contribution in [0.3, 0.4) is 0 Å². The summed E-state index contributed by atoms with van der Waals surface area (Å²) in [7, 11) is 1.54. The Morgan fingerprint density at radius 3 is 2.94 bits per heavy atom. The second kappa shape index (κ2) is 5.87. The Hall–Kier alpha value is -1.55. The summed E-state index contributed by atoms with van der Waals surface area (Å²) in [6.45, 7) is 0.987. The second-order valence-corrected chi connectivity index (χ2v) is 4.59. The van der Waals surface area contributed by atoms with Crippen molar-refractivity contribution in [3.8, 4) is 0 Å². The summed E-state index contributed by atoms with van der Waals surface area (Å²) in [6, 6.07) is 7.46. The Balaban J connectivity index is 2.33. The van der Waals surface area contributed by atoms with Gasteiger partial charge in [0.15, 0.2) is 6.04 Å². The van der Waals surface area contributed by atoms with Gasteiger partial charge < -0.3 is 14.7 Å². The van der Waals surface area contributed by atoms with Gasteiger partial charge >= 0.3 is 5.97 Å². The molecule has 4 nitrogen and oxygen atoms in total. The van der Waals surface area contributed by atoms with E-state index in [1.54, 1.807) is 7.11 Å². The Labute approximate surface area is 107 Å². The van der Waals surface area contributed by atoms with Crippen LogP contribution >= 0.6 is 0 Å². The largest absolute Gasteiger partial charge is 0.480 e. The minimum Gasteiger partial charge on any atom is -0.480 e. The van der Waals surface area contributed by atoms with Gasteiger partial charge in [-0.15, -0.1) is 0 Å². The molecular formula is C14H19NO3. The molecule has 0 spiro atoms. The third-order valence-corrected chi connectivity index (χ3v) is 3.38. The molecule has 2 rings (SSSR count). The smallest absolute Gasteiger partial charge is 0.328 e. The molecule has 1 aromatic rings. The fourth-order valence-electron chi connectivity index (χ4n) is 2.50. The molecule has 4 heteroatoms. The quantitative estimate of drug-likeness (QED) is 0.885. The average molecular weight is 249 g/mol. The molecule has 1 heterocycles. The second-order valence-electron chi connectivity index (χ2n) is 4.59. The lowest BCUT2D eigenvalue weighted by atomic mass is 10.1. The van der Waals surface area contributed by atoms with Gasteiger partial charge in [-0.05, 0) is 30.9 Å². The van der Waals surface area contributed by atoms with E-state index in [1.165, 1.54) is 5.56 Å². The molecule has 0 amide bonds. The van der Waals surface area contributed by atoms with Crippen LogP contribution in [0.15, 0.2) is 24.3 Å². The number of rotatable bonds is 4. The van der Waals surface area contributed by atoms with Crippen molar-refractivity contribution in [2.45, 2.75) is 25.3 Å². The number of benzene rings is 1. The molecule has 1 aromatic carbocycles. The first kappa shape index (κ1) is 12.9. The summed E-state index contributed by atoms with van der Waals surface area (Å²) < 4.78 is 5.05. The number of anilines is 1. The maximum atomic E-state index is 11.4. The molecule has 1 atom stereocenters. The number of carboxylic acid groups (broad SMARTS) is 1. The van der Waals surface area contributed by atoms with Gasteiger partial charge in [0.2, 0.25) is 0 Å². The lowest BCUT2D eigenvalue weighted by molar-refractivity contribution is -0.139. The van der Waals surface area contributed by atoms with Crippen molar-refractivity contribution in [2.24, 2.45) is 0 Å². The minimum atomic E-state index is -0.825. The highest BCUT2D eigenvalue weighted by Gasteiger charge is 2.28. The standard InChI is InChI=1S/C14H19NO3/c1-18-10-13(14(16)17)15-9-5-4-7-11-6-2-3-8-12(11)15/h2-3,6,8,13H,4-5,7,9-10H2,1H3,(H,16,17). The first-order valence-corrected chi connectivity index (χ1v) is 6.30. The molecule has 0 saturated heterocycles. The molecule has 0 aliphatic carbocycles. The Morgan fingerprint density at radius 1 is 1.44 bits per heavy atom. The predicted octanol–water partition coefficient (Wildman–Crippen LogP) is 1.93. The van der Waals surface area contributed by atoms with Crippen LogP contribution in [-0.4, -0.2) is 37.4 Å². The van der Waals surface area contributed by atoms with Crippen LogP contribution in [0.25, 0.3) is 0 Å². The van der Waals surface area contributed by atoms with Crippen LogP contribution in [0, 0.1) is 0 Å². The van der Waals surface area contributed by atoms with Crippen LogP contribution in [0.1, 0.15) is 18.4 Å². The van der Waals surface area contributed by atoms with E-state index < -0.39 is 12.0 Å². The molecule has 0 radical (unpaired) electrons. The van der Waals surface area contributed by atoms with Gasteiger partial charge in [-0.3, -0.25) is 0 Å². The van der Waals surface area contributed by atoms with E-state index in [0.29, 0.717) is 0 Å². The summed E-state index contributed by atoms with van der Waals surface area (Å²) in [5.41, 5.74) is 2.27. The highest BCUT2D eigenvalue weighted by molar-refractivity contribution is 5.79. The number of nitrogens with zero attached hydrogens (tertiary/aromatic N) is 1. The Morgan fingerprint density at radius 2 is 2.22 bits per heavy atom. The van der Waals surface area contributed by atoms with E-state index in [0.717, 1.165) is 31.5 Å². The third kappa shape index (κ3) is 2.64. The van der Waals surface area contributed by atoms with Crippen molar-refractivity contribution in [3.63, 3.8) is 0 Å². The first-order valence-electron chi connectivity index (χ1n) is 6.30. The van der Waals surface area contributed by atoms with Crippen LogP contribution in [0.5, 0.6) is 0 Å². The predicted molar refractivity (Wildman–Crippen MR) is 70.0 cm³/mol. The van der Waals surface area contributed by atoms with Crippen molar-refractivity contribution < 1.29 is 14.6 Å². The number of hydrogen-bond donors (Lipinski definition) is 1. The van der Waals surface area contributed by atoms with Gasteiger partial charge in [-0.25, -0.2) is 4.79 Å². The number of fused-ring (bicyclic) bond motifs is 1. The van der Waals surface area contributed by atoms with Crippen molar-refractivity contribution >= 4 is 11.7 Å². The maximum Gasteiger partial charge on any atom is 0.328 e. The van der Waals surface area contributed by atoms with E-state index >= 15 is 0 Å². The van der Waals surface area contributed by atoms with E-state index in [-0.39, 0.29) is 6.61 Å². The SMILES string of the molecule is COCC(C(=O)O)N1CCCCc2ccccc21. The number of para-hydroxylation sites is 1. The van der Waals surface area contributed by atoms with Crippen LogP contribution in [0.4, 0.5) is 5.69 Å². The third-order valence-electron chi connectivity index (χ3n) is 3.38. The van der Waals surface area contributed by atoms with Gasteiger partial charge in [-0.2, -0.15) is 0 Å². The normalized spacial score (nSPS) is 16.8. The zero-order chi connectivity index (χ0) is 13.0. The molecule has 0 aromatic heterocycles. The lowest BCUT2D eigenvalue weighted by Crippen LogP contribution is -2.45. The lowest BCUT2D eigenvalue weighted by Gasteiger charge is -2.30. The zero-order valence-corrected chi connectivity index (χ0v) is 10.6. The van der Waals surface area contributed by atoms with Crippen molar-refractivity contribution in [2.75, 3.05) is 25.2 Å². The molecule has 98 valence electrons. The number of aryl methyl sites for hydroxylation is 1. The number of carboxylic acids is 1. The monoisotopic (exact) mass is 249 g/mol. The molecule has 1 aliphatic heterocycles. The van der Waals surface area contributed by atoms with Gasteiger partial charge in [0, 0.05) is 19.3 Å². The van der Waals surface area contributed by atoms with E-state index in [2.05, 4.69) is 6.07 Å². The molecule has 0 bridgehead atoms. The van der Waals surface area contributed by atoms with Crippen LogP contribution < -0.4 is 4.90 Å². The van der Waals surface area contributed by atoms with Gasteiger partial charge in [-0.1, -0.05) is 18.2 Å². The van der Waals surface area contributed by atoms with Gasteiger partial charge in [0.25, 0.3) is 0 Å². The first-order chi connectivity index (χ1) is 8.74. The molecule has 0 saturated carbocycles. The molecule has 1 unspecified atom stereocenters. The van der Waals surface area contributed by atoms with E-state index in [9.17, 15) is 9.90 Å².